The van der Waals surface area contributed by atoms with E-state index in [0.717, 1.165) is 0 Å². The van der Waals surface area contributed by atoms with Crippen LogP contribution in [-0.2, 0) is 4.79 Å². The van der Waals surface area contributed by atoms with Gasteiger partial charge >= 0.3 is 0 Å². The van der Waals surface area contributed by atoms with Gasteiger partial charge < -0.3 is 0 Å². The molecule has 0 spiro atoms. The predicted octanol–water partition coefficient (Wildman–Crippen LogP) is 2.73. The van der Waals surface area contributed by atoms with E-state index < -0.39 is 0 Å². The van der Waals surface area contributed by atoms with Crippen LogP contribution in [0.3, 0.4) is 0 Å². The topological polar surface area (TPSA) is 17.1 Å². The maximum absolute atomic E-state index is 11.5. The third-order valence-electron chi connectivity index (χ3n) is 2.44. The molecule has 0 aromatic carbocycles. The molecule has 0 bridgehead atoms. The van der Waals surface area contributed by atoms with Crippen molar-refractivity contribution in [3.63, 3.8) is 0 Å². The summed E-state index contributed by atoms with van der Waals surface area (Å²) in [6.45, 7) is 6.13. The monoisotopic (exact) mass is 164 g/mol. The fraction of sp³-hybridized carbons (Fsp3) is 0.545. The number of allylic oxidation sites excluding steroid dienone is 4. The summed E-state index contributed by atoms with van der Waals surface area (Å²) in [5.74, 6) is 0.410. The quantitative estimate of drug-likeness (QED) is 0.613. The van der Waals surface area contributed by atoms with Crippen LogP contribution in [0.5, 0.6) is 0 Å². The molecule has 1 aliphatic rings. The molecule has 12 heavy (non-hydrogen) atoms. The SMILES string of the molecule is CCC(=O)C1C=CC=CC1(C)C. The highest BCUT2D eigenvalue weighted by Gasteiger charge is 2.30. The van der Waals surface area contributed by atoms with Gasteiger partial charge in [0.1, 0.15) is 5.78 Å². The summed E-state index contributed by atoms with van der Waals surface area (Å²) in [6, 6.07) is 0. The van der Waals surface area contributed by atoms with Crippen molar-refractivity contribution in [2.75, 3.05) is 0 Å². The molecular formula is C11H16O. The molecule has 1 heteroatoms. The Morgan fingerprint density at radius 2 is 2.08 bits per heavy atom. The van der Waals surface area contributed by atoms with Gasteiger partial charge in [0.05, 0.1) is 0 Å². The highest BCUT2D eigenvalue weighted by Crippen LogP contribution is 2.33. The van der Waals surface area contributed by atoms with Gasteiger partial charge in [0.25, 0.3) is 0 Å². The van der Waals surface area contributed by atoms with Crippen LogP contribution in [0.1, 0.15) is 27.2 Å². The molecule has 0 amide bonds. The Labute approximate surface area is 74.2 Å². The molecule has 1 unspecified atom stereocenters. The summed E-state index contributed by atoms with van der Waals surface area (Å²) >= 11 is 0. The Hall–Kier alpha value is -0.850. The van der Waals surface area contributed by atoms with Crippen molar-refractivity contribution in [3.05, 3.63) is 24.3 Å². The molecule has 1 aliphatic carbocycles. The Balaban J connectivity index is 2.84. The molecule has 0 aromatic heterocycles. The largest absolute Gasteiger partial charge is 0.299 e. The zero-order chi connectivity index (χ0) is 9.19. The molecule has 1 nitrogen and oxygen atoms in total. The van der Waals surface area contributed by atoms with Crippen LogP contribution < -0.4 is 0 Å². The lowest BCUT2D eigenvalue weighted by Gasteiger charge is -2.29. The van der Waals surface area contributed by atoms with E-state index >= 15 is 0 Å². The van der Waals surface area contributed by atoms with Crippen LogP contribution in [0, 0.1) is 11.3 Å². The highest BCUT2D eigenvalue weighted by molar-refractivity contribution is 5.83. The Morgan fingerprint density at radius 3 is 2.58 bits per heavy atom. The molecule has 0 saturated carbocycles. The van der Waals surface area contributed by atoms with Crippen molar-refractivity contribution < 1.29 is 4.79 Å². The second-order valence-electron chi connectivity index (χ2n) is 3.86. The third kappa shape index (κ3) is 1.66. The van der Waals surface area contributed by atoms with Crippen molar-refractivity contribution in [2.45, 2.75) is 27.2 Å². The maximum Gasteiger partial charge on any atom is 0.140 e. The van der Waals surface area contributed by atoms with Crippen molar-refractivity contribution in [1.29, 1.82) is 0 Å². The summed E-state index contributed by atoms with van der Waals surface area (Å²) < 4.78 is 0. The molecule has 0 radical (unpaired) electrons. The molecule has 66 valence electrons. The van der Waals surface area contributed by atoms with Gasteiger partial charge in [-0.05, 0) is 5.41 Å². The number of Topliss-reactive ketones (excluding diaryl/α,β-unsaturated/α-hetero) is 1. The Kier molecular flexibility index (Phi) is 2.51. The lowest BCUT2D eigenvalue weighted by atomic mass is 9.73. The van der Waals surface area contributed by atoms with Crippen LogP contribution >= 0.6 is 0 Å². The minimum atomic E-state index is 0.00183. The normalized spacial score (nSPS) is 25.8. The Bertz CT molecular complexity index is 233. The van der Waals surface area contributed by atoms with Crippen LogP contribution in [0.4, 0.5) is 0 Å². The summed E-state index contributed by atoms with van der Waals surface area (Å²) in [4.78, 5) is 11.5. The van der Waals surface area contributed by atoms with Gasteiger partial charge in [-0.2, -0.15) is 0 Å². The van der Waals surface area contributed by atoms with Gasteiger partial charge in [-0.15, -0.1) is 0 Å². The van der Waals surface area contributed by atoms with E-state index in [0.29, 0.717) is 12.2 Å². The maximum atomic E-state index is 11.5. The summed E-state index contributed by atoms with van der Waals surface area (Å²) in [5, 5.41) is 0. The second-order valence-corrected chi connectivity index (χ2v) is 3.86. The summed E-state index contributed by atoms with van der Waals surface area (Å²) in [6.07, 6.45) is 8.71. The summed E-state index contributed by atoms with van der Waals surface area (Å²) in [5.41, 5.74) is 0.00183. The van der Waals surface area contributed by atoms with Crippen LogP contribution in [0.25, 0.3) is 0 Å². The van der Waals surface area contributed by atoms with Crippen LogP contribution in [-0.4, -0.2) is 5.78 Å². The molecule has 0 fully saturated rings. The summed E-state index contributed by atoms with van der Waals surface area (Å²) in [7, 11) is 0. The number of carbonyl (C=O) groups excluding carboxylic acids is 1. The molecule has 0 aliphatic heterocycles. The molecule has 0 saturated heterocycles. The fourth-order valence-corrected chi connectivity index (χ4v) is 1.57. The standard InChI is InChI=1S/C11H16O/c1-4-10(12)9-7-5-6-8-11(9,2)3/h5-9H,4H2,1-3H3. The van der Waals surface area contributed by atoms with Crippen molar-refractivity contribution in [3.8, 4) is 0 Å². The lowest BCUT2D eigenvalue weighted by Crippen LogP contribution is -2.28. The molecule has 1 rings (SSSR count). The van der Waals surface area contributed by atoms with Gasteiger partial charge in [-0.25, -0.2) is 0 Å². The van der Waals surface area contributed by atoms with Gasteiger partial charge in [-0.3, -0.25) is 4.79 Å². The van der Waals surface area contributed by atoms with Crippen LogP contribution in [0.2, 0.25) is 0 Å². The van der Waals surface area contributed by atoms with Gasteiger partial charge in [0, 0.05) is 12.3 Å². The first-order chi connectivity index (χ1) is 5.58. The van der Waals surface area contributed by atoms with Crippen LogP contribution in [0.15, 0.2) is 24.3 Å². The first kappa shape index (κ1) is 9.24. The van der Waals surface area contributed by atoms with Crippen molar-refractivity contribution in [2.24, 2.45) is 11.3 Å². The average molecular weight is 164 g/mol. The highest BCUT2D eigenvalue weighted by atomic mass is 16.1. The van der Waals surface area contributed by atoms with E-state index in [4.69, 9.17) is 0 Å². The number of carbonyl (C=O) groups is 1. The van der Waals surface area contributed by atoms with Gasteiger partial charge in [-0.1, -0.05) is 45.1 Å². The molecular weight excluding hydrogens is 148 g/mol. The Morgan fingerprint density at radius 1 is 1.42 bits per heavy atom. The zero-order valence-corrected chi connectivity index (χ0v) is 8.00. The van der Waals surface area contributed by atoms with Gasteiger partial charge in [0.2, 0.25) is 0 Å². The fourth-order valence-electron chi connectivity index (χ4n) is 1.57. The first-order valence-electron chi connectivity index (χ1n) is 4.46. The zero-order valence-electron chi connectivity index (χ0n) is 8.00. The number of hydrogen-bond acceptors (Lipinski definition) is 1. The van der Waals surface area contributed by atoms with E-state index in [1.807, 2.05) is 25.2 Å². The lowest BCUT2D eigenvalue weighted by molar-refractivity contribution is -0.123. The van der Waals surface area contributed by atoms with E-state index in [1.54, 1.807) is 0 Å². The number of hydrogen-bond donors (Lipinski definition) is 0. The number of rotatable bonds is 2. The van der Waals surface area contributed by atoms with E-state index in [-0.39, 0.29) is 11.3 Å². The van der Waals surface area contributed by atoms with Gasteiger partial charge in [0.15, 0.2) is 0 Å². The van der Waals surface area contributed by atoms with Crippen molar-refractivity contribution >= 4 is 5.78 Å². The molecule has 1 atom stereocenters. The van der Waals surface area contributed by atoms with E-state index in [2.05, 4.69) is 19.9 Å². The third-order valence-corrected chi connectivity index (χ3v) is 2.44. The predicted molar refractivity (Wildman–Crippen MR) is 50.8 cm³/mol. The van der Waals surface area contributed by atoms with E-state index in [1.165, 1.54) is 0 Å². The number of ketones is 1. The minimum absolute atomic E-state index is 0.00183. The van der Waals surface area contributed by atoms with Crippen molar-refractivity contribution in [1.82, 2.24) is 0 Å². The molecule has 0 heterocycles. The minimum Gasteiger partial charge on any atom is -0.299 e. The molecule has 0 N–H and O–H groups in total. The second kappa shape index (κ2) is 3.26. The smallest absolute Gasteiger partial charge is 0.140 e. The molecule has 0 aromatic rings. The average Bonchev–Trinajstić information content (AvgIpc) is 2.02. The van der Waals surface area contributed by atoms with E-state index in [9.17, 15) is 4.79 Å². The first-order valence-corrected chi connectivity index (χ1v) is 4.46.